The Kier molecular flexibility index (Phi) is 2.56. The van der Waals surface area contributed by atoms with Crippen LogP contribution in [0.25, 0.3) is 5.70 Å². The first-order valence-electron chi connectivity index (χ1n) is 5.81. The Morgan fingerprint density at radius 1 is 1.12 bits per heavy atom. The van der Waals surface area contributed by atoms with E-state index in [1.807, 2.05) is 0 Å². The van der Waals surface area contributed by atoms with Crippen LogP contribution < -0.4 is 0 Å². The van der Waals surface area contributed by atoms with Crippen molar-refractivity contribution < 1.29 is 0 Å². The average molecular weight is 232 g/mol. The van der Waals surface area contributed by atoms with E-state index in [2.05, 4.69) is 46.7 Å². The lowest BCUT2D eigenvalue weighted by Gasteiger charge is -2.30. The van der Waals surface area contributed by atoms with Gasteiger partial charge in [0.15, 0.2) is 0 Å². The van der Waals surface area contributed by atoms with Crippen LogP contribution in [0, 0.1) is 0 Å². The zero-order valence-electron chi connectivity index (χ0n) is 9.52. The van der Waals surface area contributed by atoms with Crippen LogP contribution in [-0.4, -0.2) is 29.3 Å². The van der Waals surface area contributed by atoms with E-state index >= 15 is 0 Å². The van der Waals surface area contributed by atoms with Crippen molar-refractivity contribution in [2.45, 2.75) is 17.7 Å². The normalized spacial score (nSPS) is 19.7. The average Bonchev–Trinajstić information content (AvgIpc) is 2.81. The van der Waals surface area contributed by atoms with Crippen LogP contribution in [0.4, 0.5) is 0 Å². The number of rotatable bonds is 1. The Labute approximate surface area is 101 Å². The highest BCUT2D eigenvalue weighted by atomic mass is 32.2. The molecule has 16 heavy (non-hydrogen) atoms. The third-order valence-corrected chi connectivity index (χ3v) is 4.10. The number of nitrogens with zero attached hydrogens (tertiary/aromatic N) is 2. The molecule has 0 aliphatic carbocycles. The molecule has 0 radical (unpaired) electrons. The van der Waals surface area contributed by atoms with E-state index in [9.17, 15) is 0 Å². The highest BCUT2D eigenvalue weighted by Gasteiger charge is 2.22. The Hall–Kier alpha value is -1.09. The number of hydrogen-bond acceptors (Lipinski definition) is 3. The maximum atomic E-state index is 2.51. The molecule has 1 aromatic rings. The molecule has 2 heterocycles. The van der Waals surface area contributed by atoms with Gasteiger partial charge in [-0.1, -0.05) is 18.2 Å². The first-order chi connectivity index (χ1) is 7.84. The molecule has 1 saturated heterocycles. The molecule has 84 valence electrons. The largest absolute Gasteiger partial charge is 0.370 e. The fourth-order valence-corrected chi connectivity index (χ4v) is 3.26. The number of benzene rings is 1. The molecule has 2 aliphatic heterocycles. The third kappa shape index (κ3) is 1.69. The zero-order valence-corrected chi connectivity index (χ0v) is 10.3. The molecule has 0 spiro atoms. The van der Waals surface area contributed by atoms with Gasteiger partial charge in [-0.15, -0.1) is 0 Å². The fourth-order valence-electron chi connectivity index (χ4n) is 2.39. The van der Waals surface area contributed by atoms with E-state index in [-0.39, 0.29) is 0 Å². The Morgan fingerprint density at radius 2 is 1.88 bits per heavy atom. The zero-order chi connectivity index (χ0) is 11.0. The topological polar surface area (TPSA) is 6.48 Å². The number of hydrogen-bond donors (Lipinski definition) is 0. The minimum atomic E-state index is 1.21. The summed E-state index contributed by atoms with van der Waals surface area (Å²) in [5.41, 5.74) is 2.79. The molecule has 1 fully saturated rings. The van der Waals surface area contributed by atoms with Crippen molar-refractivity contribution in [3.8, 4) is 0 Å². The minimum Gasteiger partial charge on any atom is -0.370 e. The number of likely N-dealkylation sites (tertiary alicyclic amines) is 1. The second kappa shape index (κ2) is 4.06. The molecule has 0 saturated carbocycles. The van der Waals surface area contributed by atoms with Gasteiger partial charge in [-0.3, -0.25) is 0 Å². The van der Waals surface area contributed by atoms with Gasteiger partial charge in [0.1, 0.15) is 0 Å². The quantitative estimate of drug-likeness (QED) is 0.687. The van der Waals surface area contributed by atoms with Gasteiger partial charge in [0.2, 0.25) is 0 Å². The SMILES string of the molecule is CN1C=C(N2CCCC2)c2ccccc2S1. The molecule has 2 nitrogen and oxygen atoms in total. The molecule has 3 rings (SSSR count). The van der Waals surface area contributed by atoms with E-state index in [0.29, 0.717) is 0 Å². The first kappa shape index (κ1) is 10.1. The van der Waals surface area contributed by atoms with Gasteiger partial charge in [0.25, 0.3) is 0 Å². The summed E-state index contributed by atoms with van der Waals surface area (Å²) < 4.78 is 2.20. The van der Waals surface area contributed by atoms with Crippen molar-refractivity contribution in [1.82, 2.24) is 9.21 Å². The van der Waals surface area contributed by atoms with Gasteiger partial charge in [0, 0.05) is 36.8 Å². The third-order valence-electron chi connectivity index (χ3n) is 3.16. The predicted molar refractivity (Wildman–Crippen MR) is 68.8 cm³/mol. The van der Waals surface area contributed by atoms with Crippen LogP contribution in [0.2, 0.25) is 0 Å². The Morgan fingerprint density at radius 3 is 2.69 bits per heavy atom. The second-order valence-corrected chi connectivity index (χ2v) is 5.54. The Balaban J connectivity index is 2.01. The number of fused-ring (bicyclic) bond motifs is 1. The van der Waals surface area contributed by atoms with Crippen LogP contribution >= 0.6 is 11.9 Å². The second-order valence-electron chi connectivity index (χ2n) is 4.34. The van der Waals surface area contributed by atoms with Gasteiger partial charge in [0.05, 0.1) is 5.70 Å². The van der Waals surface area contributed by atoms with Crippen LogP contribution in [0.5, 0.6) is 0 Å². The molecule has 0 atom stereocenters. The highest BCUT2D eigenvalue weighted by molar-refractivity contribution is 7.97. The van der Waals surface area contributed by atoms with Crippen molar-refractivity contribution in [2.24, 2.45) is 0 Å². The van der Waals surface area contributed by atoms with Crippen molar-refractivity contribution in [2.75, 3.05) is 20.1 Å². The summed E-state index contributed by atoms with van der Waals surface area (Å²) in [6.07, 6.45) is 4.92. The standard InChI is InChI=1S/C13H16N2S/c1-14-10-12(15-8-4-5-9-15)11-6-2-3-7-13(11)16-14/h2-3,6-7,10H,4-5,8-9H2,1H3. The molecule has 3 heteroatoms. The summed E-state index contributed by atoms with van der Waals surface area (Å²) in [4.78, 5) is 3.88. The molecule has 2 aliphatic rings. The van der Waals surface area contributed by atoms with E-state index in [4.69, 9.17) is 0 Å². The van der Waals surface area contributed by atoms with Crippen molar-refractivity contribution in [3.63, 3.8) is 0 Å². The van der Waals surface area contributed by atoms with E-state index in [1.165, 1.54) is 42.1 Å². The maximum Gasteiger partial charge on any atom is 0.0622 e. The predicted octanol–water partition coefficient (Wildman–Crippen LogP) is 3.03. The smallest absolute Gasteiger partial charge is 0.0622 e. The monoisotopic (exact) mass is 232 g/mol. The van der Waals surface area contributed by atoms with E-state index in [1.54, 1.807) is 11.9 Å². The summed E-state index contributed by atoms with van der Waals surface area (Å²) in [5.74, 6) is 0. The van der Waals surface area contributed by atoms with Crippen LogP contribution in [0.3, 0.4) is 0 Å². The highest BCUT2D eigenvalue weighted by Crippen LogP contribution is 2.38. The summed E-state index contributed by atoms with van der Waals surface area (Å²) in [6, 6.07) is 8.69. The molecule has 0 amide bonds. The van der Waals surface area contributed by atoms with Crippen LogP contribution in [0.15, 0.2) is 35.4 Å². The van der Waals surface area contributed by atoms with Gasteiger partial charge < -0.3 is 9.21 Å². The molecule has 1 aromatic carbocycles. The van der Waals surface area contributed by atoms with Gasteiger partial charge in [-0.25, -0.2) is 0 Å². The molecule has 0 aromatic heterocycles. The molecular formula is C13H16N2S. The van der Waals surface area contributed by atoms with Crippen molar-refractivity contribution in [3.05, 3.63) is 36.0 Å². The lowest BCUT2D eigenvalue weighted by Crippen LogP contribution is -2.22. The van der Waals surface area contributed by atoms with Crippen LogP contribution in [-0.2, 0) is 0 Å². The minimum absolute atomic E-state index is 1.21. The lowest BCUT2D eigenvalue weighted by molar-refractivity contribution is 0.484. The summed E-state index contributed by atoms with van der Waals surface area (Å²) >= 11 is 1.80. The first-order valence-corrected chi connectivity index (χ1v) is 6.59. The molecular weight excluding hydrogens is 216 g/mol. The molecule has 0 N–H and O–H groups in total. The van der Waals surface area contributed by atoms with Gasteiger partial charge in [-0.2, -0.15) is 0 Å². The summed E-state index contributed by atoms with van der Waals surface area (Å²) in [6.45, 7) is 2.41. The van der Waals surface area contributed by atoms with Gasteiger partial charge in [-0.05, 0) is 30.9 Å². The van der Waals surface area contributed by atoms with Crippen molar-refractivity contribution in [1.29, 1.82) is 0 Å². The van der Waals surface area contributed by atoms with Crippen molar-refractivity contribution >= 4 is 17.6 Å². The summed E-state index contributed by atoms with van der Waals surface area (Å²) in [5, 5.41) is 0. The maximum absolute atomic E-state index is 2.51. The van der Waals surface area contributed by atoms with E-state index < -0.39 is 0 Å². The van der Waals surface area contributed by atoms with Crippen LogP contribution in [0.1, 0.15) is 18.4 Å². The van der Waals surface area contributed by atoms with Gasteiger partial charge >= 0.3 is 0 Å². The van der Waals surface area contributed by atoms with E-state index in [0.717, 1.165) is 0 Å². The molecule has 0 bridgehead atoms. The lowest BCUT2D eigenvalue weighted by atomic mass is 10.1. The molecule has 0 unspecified atom stereocenters. The fraction of sp³-hybridized carbons (Fsp3) is 0.385. The Bertz CT molecular complexity index is 422. The summed E-state index contributed by atoms with van der Waals surface area (Å²) in [7, 11) is 2.12.